The van der Waals surface area contributed by atoms with Crippen molar-refractivity contribution in [3.8, 4) is 0 Å². The van der Waals surface area contributed by atoms with E-state index in [2.05, 4.69) is 65.8 Å². The third-order valence-electron chi connectivity index (χ3n) is 3.79. The number of hydrogen-bond acceptors (Lipinski definition) is 0. The van der Waals surface area contributed by atoms with Gasteiger partial charge in [0.05, 0.1) is 0 Å². The molecule has 0 heterocycles. The molecule has 0 spiro atoms. The maximum Gasteiger partial charge on any atom is 0.235 e. The first-order valence-corrected chi connectivity index (χ1v) is 9.51. The van der Waals surface area contributed by atoms with Gasteiger partial charge < -0.3 is 0 Å². The van der Waals surface area contributed by atoms with Crippen LogP contribution in [0.5, 0.6) is 0 Å². The molecule has 0 N–H and O–H groups in total. The molecule has 0 aromatic heterocycles. The summed E-state index contributed by atoms with van der Waals surface area (Å²) in [5.41, 5.74) is 7.92. The van der Waals surface area contributed by atoms with Crippen molar-refractivity contribution in [2.24, 2.45) is 0 Å². The molecule has 0 saturated carbocycles. The van der Waals surface area contributed by atoms with Crippen LogP contribution >= 0.6 is 11.1 Å². The Morgan fingerprint density at radius 2 is 0.850 bits per heavy atom. The van der Waals surface area contributed by atoms with Gasteiger partial charge in [-0.25, -0.2) is 0 Å². The number of halogens is 1. The lowest BCUT2D eigenvalue weighted by Gasteiger charge is -2.19. The Hall–Kier alpha value is -1.05. The number of rotatable bonds is 2. The molecule has 105 valence electrons. The lowest BCUT2D eigenvalue weighted by molar-refractivity contribution is 1.34. The molecule has 0 aliphatic carbocycles. The third kappa shape index (κ3) is 2.84. The predicted molar refractivity (Wildman–Crippen MR) is 92.2 cm³/mol. The zero-order chi connectivity index (χ0) is 15.0. The molecule has 2 aromatic rings. The highest BCUT2D eigenvalue weighted by Gasteiger charge is 2.22. The van der Waals surface area contributed by atoms with Gasteiger partial charge in [-0.05, 0) is 74.2 Å². The molecule has 0 aliphatic heterocycles. The van der Waals surface area contributed by atoms with E-state index < -0.39 is 8.11 Å². The molecule has 2 aromatic carbocycles. The molecule has 0 amide bonds. The largest absolute Gasteiger partial charge is 0.235 e. The molecular weight excluding hydrogens is 280 g/mol. The SMILES string of the molecule is Cc1cc(C)c([Si](Cl)c2c(C)cc(C)cc2C)c(C)c1. The molecule has 0 unspecified atom stereocenters. The minimum Gasteiger partial charge on any atom is -0.156 e. The second-order valence-corrected chi connectivity index (χ2v) is 8.62. The molecule has 2 rings (SSSR count). The average Bonchev–Trinajstić information content (AvgIpc) is 2.25. The summed E-state index contributed by atoms with van der Waals surface area (Å²) in [5, 5.41) is 2.72. The molecule has 0 aliphatic rings. The van der Waals surface area contributed by atoms with Crippen molar-refractivity contribution in [1.82, 2.24) is 0 Å². The summed E-state index contributed by atoms with van der Waals surface area (Å²) in [5.74, 6) is 0. The summed E-state index contributed by atoms with van der Waals surface area (Å²) in [7, 11) is -1.23. The van der Waals surface area contributed by atoms with Gasteiger partial charge in [0.1, 0.15) is 0 Å². The van der Waals surface area contributed by atoms with Crippen molar-refractivity contribution in [2.75, 3.05) is 0 Å². The molecule has 1 radical (unpaired) electrons. The van der Waals surface area contributed by atoms with Crippen molar-refractivity contribution >= 4 is 29.6 Å². The predicted octanol–water partition coefficient (Wildman–Crippen LogP) is 3.88. The van der Waals surface area contributed by atoms with E-state index in [-0.39, 0.29) is 0 Å². The molecule has 0 fully saturated rings. The van der Waals surface area contributed by atoms with Crippen molar-refractivity contribution in [3.05, 3.63) is 57.6 Å². The summed E-state index contributed by atoms with van der Waals surface area (Å²) in [6, 6.07) is 8.98. The molecule has 20 heavy (non-hydrogen) atoms. The fourth-order valence-corrected chi connectivity index (χ4v) is 6.89. The standard InChI is InChI=1S/C18H22ClSi/c1-11-7-13(3)17(14(4)8-11)20(19)18-15(5)9-12(2)10-16(18)6/h7-10H,1-6H3. The summed E-state index contributed by atoms with van der Waals surface area (Å²) in [6.45, 7) is 13.0. The van der Waals surface area contributed by atoms with Gasteiger partial charge in [-0.2, -0.15) is 11.1 Å². The minimum absolute atomic E-state index is 1.23. The van der Waals surface area contributed by atoms with Crippen molar-refractivity contribution in [1.29, 1.82) is 0 Å². The van der Waals surface area contributed by atoms with E-state index >= 15 is 0 Å². The maximum absolute atomic E-state index is 6.96. The van der Waals surface area contributed by atoms with Crippen LogP contribution in [0.1, 0.15) is 33.4 Å². The zero-order valence-electron chi connectivity index (χ0n) is 13.2. The van der Waals surface area contributed by atoms with Gasteiger partial charge in [-0.15, -0.1) is 0 Å². The van der Waals surface area contributed by atoms with E-state index in [1.165, 1.54) is 43.8 Å². The molecule has 0 nitrogen and oxygen atoms in total. The van der Waals surface area contributed by atoms with Gasteiger partial charge >= 0.3 is 0 Å². The van der Waals surface area contributed by atoms with E-state index in [9.17, 15) is 0 Å². The van der Waals surface area contributed by atoms with E-state index in [4.69, 9.17) is 11.1 Å². The van der Waals surface area contributed by atoms with Crippen molar-refractivity contribution in [2.45, 2.75) is 41.5 Å². The molecular formula is C18H22ClSi. The van der Waals surface area contributed by atoms with Crippen LogP contribution in [0, 0.1) is 41.5 Å². The van der Waals surface area contributed by atoms with E-state index in [0.717, 1.165) is 0 Å². The van der Waals surface area contributed by atoms with Crippen LogP contribution in [0.25, 0.3) is 0 Å². The second kappa shape index (κ2) is 5.75. The number of benzene rings is 2. The van der Waals surface area contributed by atoms with Gasteiger partial charge in [0.2, 0.25) is 8.11 Å². The topological polar surface area (TPSA) is 0 Å². The fraction of sp³-hybridized carbons (Fsp3) is 0.333. The Kier molecular flexibility index (Phi) is 4.41. The lowest BCUT2D eigenvalue weighted by Crippen LogP contribution is -2.43. The van der Waals surface area contributed by atoms with Crippen LogP contribution < -0.4 is 10.4 Å². The smallest absolute Gasteiger partial charge is 0.156 e. The van der Waals surface area contributed by atoms with Crippen LogP contribution in [0.3, 0.4) is 0 Å². The Bertz CT molecular complexity index is 555. The molecule has 0 bridgehead atoms. The third-order valence-corrected chi connectivity index (χ3v) is 7.38. The first kappa shape index (κ1) is 15.3. The second-order valence-electron chi connectivity index (χ2n) is 5.86. The van der Waals surface area contributed by atoms with E-state index in [1.54, 1.807) is 0 Å². The van der Waals surface area contributed by atoms with Crippen LogP contribution in [0.2, 0.25) is 0 Å². The Balaban J connectivity index is 2.61. The summed E-state index contributed by atoms with van der Waals surface area (Å²) in [6.07, 6.45) is 0. The lowest BCUT2D eigenvalue weighted by atomic mass is 10.1. The van der Waals surface area contributed by atoms with Gasteiger partial charge in [0.25, 0.3) is 0 Å². The van der Waals surface area contributed by atoms with Crippen LogP contribution in [0.4, 0.5) is 0 Å². The summed E-state index contributed by atoms with van der Waals surface area (Å²) < 4.78 is 0. The average molecular weight is 302 g/mol. The maximum atomic E-state index is 6.96. The Morgan fingerprint density at radius 1 is 0.600 bits per heavy atom. The number of aryl methyl sites for hydroxylation is 6. The van der Waals surface area contributed by atoms with Crippen LogP contribution in [-0.4, -0.2) is 8.11 Å². The van der Waals surface area contributed by atoms with E-state index in [0.29, 0.717) is 0 Å². The van der Waals surface area contributed by atoms with Crippen LogP contribution in [-0.2, 0) is 0 Å². The Morgan fingerprint density at radius 3 is 1.10 bits per heavy atom. The van der Waals surface area contributed by atoms with Crippen LogP contribution in [0.15, 0.2) is 24.3 Å². The van der Waals surface area contributed by atoms with Gasteiger partial charge in [0.15, 0.2) is 0 Å². The molecule has 0 atom stereocenters. The van der Waals surface area contributed by atoms with Gasteiger partial charge in [-0.1, -0.05) is 35.4 Å². The van der Waals surface area contributed by atoms with Gasteiger partial charge in [0, 0.05) is 0 Å². The highest BCUT2D eigenvalue weighted by atomic mass is 35.6. The molecule has 2 heteroatoms. The van der Waals surface area contributed by atoms with Crippen molar-refractivity contribution in [3.63, 3.8) is 0 Å². The minimum atomic E-state index is -1.23. The van der Waals surface area contributed by atoms with Gasteiger partial charge in [-0.3, -0.25) is 0 Å². The first-order valence-electron chi connectivity index (χ1n) is 7.00. The quantitative estimate of drug-likeness (QED) is 0.583. The first-order chi connectivity index (χ1) is 9.31. The highest BCUT2D eigenvalue weighted by molar-refractivity contribution is 7.21. The Labute approximate surface area is 129 Å². The number of hydrogen-bond donors (Lipinski definition) is 0. The highest BCUT2D eigenvalue weighted by Crippen LogP contribution is 2.13. The summed E-state index contributed by atoms with van der Waals surface area (Å²) in [4.78, 5) is 0. The summed E-state index contributed by atoms with van der Waals surface area (Å²) >= 11 is 6.96. The van der Waals surface area contributed by atoms with E-state index in [1.807, 2.05) is 0 Å². The molecule has 0 saturated heterocycles. The van der Waals surface area contributed by atoms with Crippen molar-refractivity contribution < 1.29 is 0 Å². The normalized spacial score (nSPS) is 11.2. The fourth-order valence-electron chi connectivity index (χ4n) is 3.18. The zero-order valence-corrected chi connectivity index (χ0v) is 14.9. The monoisotopic (exact) mass is 301 g/mol.